The van der Waals surface area contributed by atoms with Gasteiger partial charge in [-0.05, 0) is 38.7 Å². The number of aryl methyl sites for hydroxylation is 2. The quantitative estimate of drug-likeness (QED) is 0.816. The van der Waals surface area contributed by atoms with Crippen LogP contribution < -0.4 is 5.32 Å². The van der Waals surface area contributed by atoms with Crippen LogP contribution in [0.5, 0.6) is 0 Å². The lowest BCUT2D eigenvalue weighted by Gasteiger charge is -2.21. The van der Waals surface area contributed by atoms with Gasteiger partial charge >= 0.3 is 0 Å². The fourth-order valence-corrected chi connectivity index (χ4v) is 3.40. The maximum Gasteiger partial charge on any atom is 0.223 e. The van der Waals surface area contributed by atoms with Crippen LogP contribution in [0.25, 0.3) is 11.3 Å². The predicted octanol–water partition coefficient (Wildman–Crippen LogP) is 3.17. The molecule has 0 aliphatic heterocycles. The second-order valence-electron chi connectivity index (χ2n) is 6.76. The van der Waals surface area contributed by atoms with Gasteiger partial charge in [0.25, 0.3) is 0 Å². The molecule has 0 spiro atoms. The standard InChI is InChI=1S/C18H27N5O/c1-3-12-23-13-15(14(2)22-23)16-6-10-19-17(21-16)20-11-9-18(24)7-4-5-8-18/h6,10,13,24H,3-5,7-9,11-12H2,1-2H3,(H,19,20,21). The van der Waals surface area contributed by atoms with Crippen molar-refractivity contribution in [1.82, 2.24) is 19.7 Å². The third kappa shape index (κ3) is 3.93. The summed E-state index contributed by atoms with van der Waals surface area (Å²) in [6.07, 6.45) is 9.69. The number of nitrogens with zero attached hydrogens (tertiary/aromatic N) is 4. The molecule has 2 aromatic heterocycles. The second kappa shape index (κ2) is 7.30. The zero-order valence-corrected chi connectivity index (χ0v) is 14.6. The van der Waals surface area contributed by atoms with Crippen molar-refractivity contribution in [1.29, 1.82) is 0 Å². The first-order valence-electron chi connectivity index (χ1n) is 8.93. The van der Waals surface area contributed by atoms with E-state index in [1.54, 1.807) is 6.20 Å². The van der Waals surface area contributed by atoms with E-state index in [9.17, 15) is 5.11 Å². The first kappa shape index (κ1) is 16.9. The van der Waals surface area contributed by atoms with Crippen LogP contribution in [0.3, 0.4) is 0 Å². The number of hydrogen-bond donors (Lipinski definition) is 2. The zero-order valence-electron chi connectivity index (χ0n) is 14.6. The molecule has 6 nitrogen and oxygen atoms in total. The maximum atomic E-state index is 10.4. The Hall–Kier alpha value is -1.95. The van der Waals surface area contributed by atoms with Crippen molar-refractivity contribution < 1.29 is 5.11 Å². The predicted molar refractivity (Wildman–Crippen MR) is 94.8 cm³/mol. The van der Waals surface area contributed by atoms with Crippen molar-refractivity contribution in [2.45, 2.75) is 64.5 Å². The van der Waals surface area contributed by atoms with Gasteiger partial charge in [-0.15, -0.1) is 0 Å². The van der Waals surface area contributed by atoms with Crippen LogP contribution in [0.2, 0.25) is 0 Å². The summed E-state index contributed by atoms with van der Waals surface area (Å²) in [4.78, 5) is 8.90. The van der Waals surface area contributed by atoms with Gasteiger partial charge in [-0.1, -0.05) is 19.8 Å². The van der Waals surface area contributed by atoms with Crippen LogP contribution in [0.4, 0.5) is 5.95 Å². The zero-order chi connectivity index (χ0) is 17.0. The third-order valence-corrected chi connectivity index (χ3v) is 4.74. The molecule has 0 amide bonds. The summed E-state index contributed by atoms with van der Waals surface area (Å²) in [6.45, 7) is 5.75. The Morgan fingerprint density at radius 3 is 2.88 bits per heavy atom. The molecular formula is C18H27N5O. The maximum absolute atomic E-state index is 10.4. The van der Waals surface area contributed by atoms with Gasteiger partial charge < -0.3 is 10.4 Å². The Balaban J connectivity index is 1.65. The Morgan fingerprint density at radius 1 is 1.33 bits per heavy atom. The van der Waals surface area contributed by atoms with Crippen molar-refractivity contribution in [3.05, 3.63) is 24.2 Å². The van der Waals surface area contributed by atoms with Crippen molar-refractivity contribution >= 4 is 5.95 Å². The Morgan fingerprint density at radius 2 is 2.12 bits per heavy atom. The normalized spacial score (nSPS) is 16.5. The lowest BCUT2D eigenvalue weighted by atomic mass is 9.98. The minimum atomic E-state index is -0.498. The molecule has 1 saturated carbocycles. The van der Waals surface area contributed by atoms with Crippen molar-refractivity contribution in [2.24, 2.45) is 0 Å². The van der Waals surface area contributed by atoms with E-state index in [2.05, 4.69) is 27.3 Å². The number of nitrogens with one attached hydrogen (secondary N) is 1. The van der Waals surface area contributed by atoms with Crippen molar-refractivity contribution in [3.8, 4) is 11.3 Å². The highest BCUT2D eigenvalue weighted by atomic mass is 16.3. The molecule has 24 heavy (non-hydrogen) atoms. The van der Waals surface area contributed by atoms with Crippen LogP contribution in [-0.4, -0.2) is 37.0 Å². The Labute approximate surface area is 143 Å². The van der Waals surface area contributed by atoms with Gasteiger partial charge in [0.05, 0.1) is 17.0 Å². The fourth-order valence-electron chi connectivity index (χ4n) is 3.40. The Bertz CT molecular complexity index is 676. The molecule has 1 fully saturated rings. The smallest absolute Gasteiger partial charge is 0.223 e. The molecule has 0 aromatic carbocycles. The minimum absolute atomic E-state index is 0.498. The number of hydrogen-bond acceptors (Lipinski definition) is 5. The molecule has 0 atom stereocenters. The first-order chi connectivity index (χ1) is 11.6. The fraction of sp³-hybridized carbons (Fsp3) is 0.611. The molecule has 0 unspecified atom stereocenters. The molecule has 130 valence electrons. The highest BCUT2D eigenvalue weighted by Gasteiger charge is 2.30. The van der Waals surface area contributed by atoms with Gasteiger partial charge in [0, 0.05) is 31.0 Å². The summed E-state index contributed by atoms with van der Waals surface area (Å²) in [5.74, 6) is 0.608. The Kier molecular flexibility index (Phi) is 5.14. The SMILES string of the molecule is CCCn1cc(-c2ccnc(NCCC3(O)CCCC3)n2)c(C)n1. The summed E-state index contributed by atoms with van der Waals surface area (Å²) in [5.41, 5.74) is 2.41. The van der Waals surface area contributed by atoms with E-state index in [-0.39, 0.29) is 0 Å². The average molecular weight is 329 g/mol. The molecule has 1 aliphatic rings. The molecule has 0 saturated heterocycles. The van der Waals surface area contributed by atoms with Gasteiger partial charge in [-0.3, -0.25) is 4.68 Å². The number of aliphatic hydroxyl groups is 1. The monoisotopic (exact) mass is 329 g/mol. The molecule has 1 aliphatic carbocycles. The van der Waals surface area contributed by atoms with Gasteiger partial charge in [-0.2, -0.15) is 5.10 Å². The highest BCUT2D eigenvalue weighted by molar-refractivity contribution is 5.61. The van der Waals surface area contributed by atoms with Crippen molar-refractivity contribution in [3.63, 3.8) is 0 Å². The number of anilines is 1. The summed E-state index contributed by atoms with van der Waals surface area (Å²) in [6, 6.07) is 1.91. The molecule has 2 aromatic rings. The highest BCUT2D eigenvalue weighted by Crippen LogP contribution is 2.32. The molecule has 2 heterocycles. The van der Waals surface area contributed by atoms with Gasteiger partial charge in [0.15, 0.2) is 0 Å². The van der Waals surface area contributed by atoms with Crippen LogP contribution in [0.15, 0.2) is 18.5 Å². The van der Waals surface area contributed by atoms with Crippen molar-refractivity contribution in [2.75, 3.05) is 11.9 Å². The van der Waals surface area contributed by atoms with Gasteiger partial charge in [-0.25, -0.2) is 9.97 Å². The van der Waals surface area contributed by atoms with E-state index >= 15 is 0 Å². The number of aromatic nitrogens is 4. The van der Waals surface area contributed by atoms with Crippen LogP contribution in [0, 0.1) is 6.92 Å². The largest absolute Gasteiger partial charge is 0.390 e. The molecule has 6 heteroatoms. The molecule has 0 radical (unpaired) electrons. The van der Waals surface area contributed by atoms with E-state index in [0.717, 1.165) is 62.0 Å². The van der Waals surface area contributed by atoms with E-state index < -0.39 is 5.60 Å². The minimum Gasteiger partial charge on any atom is -0.390 e. The average Bonchev–Trinajstić information content (AvgIpc) is 3.14. The topological polar surface area (TPSA) is 75.9 Å². The first-order valence-corrected chi connectivity index (χ1v) is 8.93. The molecule has 3 rings (SSSR count). The summed E-state index contributed by atoms with van der Waals surface area (Å²) >= 11 is 0. The molecule has 2 N–H and O–H groups in total. The lowest BCUT2D eigenvalue weighted by molar-refractivity contribution is 0.0424. The van der Waals surface area contributed by atoms with Crippen LogP contribution in [-0.2, 0) is 6.54 Å². The second-order valence-corrected chi connectivity index (χ2v) is 6.76. The van der Waals surface area contributed by atoms with E-state index in [1.807, 2.05) is 23.9 Å². The van der Waals surface area contributed by atoms with Crippen LogP contribution >= 0.6 is 0 Å². The van der Waals surface area contributed by atoms with E-state index in [4.69, 9.17) is 0 Å². The van der Waals surface area contributed by atoms with Gasteiger partial charge in [0.1, 0.15) is 0 Å². The summed E-state index contributed by atoms with van der Waals surface area (Å²) in [5, 5.41) is 18.2. The molecule has 0 bridgehead atoms. The lowest BCUT2D eigenvalue weighted by Crippen LogP contribution is -2.27. The summed E-state index contributed by atoms with van der Waals surface area (Å²) < 4.78 is 1.97. The number of rotatable bonds is 7. The van der Waals surface area contributed by atoms with Gasteiger partial charge in [0.2, 0.25) is 5.95 Å². The van der Waals surface area contributed by atoms with E-state index in [0.29, 0.717) is 12.5 Å². The van der Waals surface area contributed by atoms with Crippen LogP contribution in [0.1, 0.15) is 51.1 Å². The summed E-state index contributed by atoms with van der Waals surface area (Å²) in [7, 11) is 0. The molecular weight excluding hydrogens is 302 g/mol. The van der Waals surface area contributed by atoms with E-state index in [1.165, 1.54) is 0 Å². The third-order valence-electron chi connectivity index (χ3n) is 4.74.